The van der Waals surface area contributed by atoms with Crippen molar-refractivity contribution in [2.24, 2.45) is 0 Å². The summed E-state index contributed by atoms with van der Waals surface area (Å²) in [6.07, 6.45) is 1.74. The maximum atomic E-state index is 4.22. The summed E-state index contributed by atoms with van der Waals surface area (Å²) in [4.78, 5) is 1.08. The second kappa shape index (κ2) is 3.85. The molecule has 7 heteroatoms. The predicted molar refractivity (Wildman–Crippen MR) is 56.6 cm³/mol. The molecule has 2 heterocycles. The topological polar surface area (TPSA) is 43.6 Å². The fourth-order valence-corrected chi connectivity index (χ4v) is 2.49. The molecule has 0 radical (unpaired) electrons. The average molecular weight is 324 g/mol. The monoisotopic (exact) mass is 322 g/mol. The molecule has 2 aromatic rings. The van der Waals surface area contributed by atoms with Crippen LogP contribution in [-0.4, -0.2) is 19.4 Å². The molecule has 0 aliphatic heterocycles. The van der Waals surface area contributed by atoms with Crippen LogP contribution in [0.4, 0.5) is 0 Å². The number of hydrogen-bond acceptors (Lipinski definition) is 4. The van der Waals surface area contributed by atoms with E-state index in [1.165, 1.54) is 11.5 Å². The lowest BCUT2D eigenvalue weighted by molar-refractivity contribution is 0.673. The highest BCUT2D eigenvalue weighted by Crippen LogP contribution is 2.18. The van der Waals surface area contributed by atoms with E-state index in [0.29, 0.717) is 6.54 Å². The van der Waals surface area contributed by atoms with E-state index in [9.17, 15) is 0 Å². The normalized spacial score (nSPS) is 10.6. The molecule has 4 nitrogen and oxygen atoms in total. The zero-order chi connectivity index (χ0) is 9.26. The van der Waals surface area contributed by atoms with Gasteiger partial charge in [0.2, 0.25) is 0 Å². The summed E-state index contributed by atoms with van der Waals surface area (Å²) in [6.45, 7) is 0.698. The molecule has 0 N–H and O–H groups in total. The van der Waals surface area contributed by atoms with Crippen molar-refractivity contribution in [3.63, 3.8) is 0 Å². The molecule has 0 aromatic carbocycles. The van der Waals surface area contributed by atoms with Gasteiger partial charge in [0.15, 0.2) is 0 Å². The second-order valence-electron chi connectivity index (χ2n) is 2.33. The van der Waals surface area contributed by atoms with Gasteiger partial charge in [-0.25, -0.2) is 0 Å². The Bertz CT molecular complexity index is 397. The van der Waals surface area contributed by atoms with Gasteiger partial charge in [0.25, 0.3) is 0 Å². The van der Waals surface area contributed by atoms with Crippen molar-refractivity contribution in [3.05, 3.63) is 26.3 Å². The van der Waals surface area contributed by atoms with Gasteiger partial charge in [-0.3, -0.25) is 4.68 Å². The summed E-state index contributed by atoms with van der Waals surface area (Å²) in [7, 11) is 0. The smallest absolute Gasteiger partial charge is 0.129 e. The van der Waals surface area contributed by atoms with Gasteiger partial charge in [0.1, 0.15) is 9.21 Å². The molecule has 0 aliphatic carbocycles. The Morgan fingerprint density at radius 2 is 2.31 bits per heavy atom. The van der Waals surface area contributed by atoms with Gasteiger partial charge in [-0.15, -0.1) is 5.10 Å². The van der Waals surface area contributed by atoms with Crippen LogP contribution in [0.2, 0.25) is 0 Å². The summed E-state index contributed by atoms with van der Waals surface area (Å²) in [5.41, 5.74) is 0. The van der Waals surface area contributed by atoms with Crippen molar-refractivity contribution in [2.45, 2.75) is 6.54 Å². The zero-order valence-corrected chi connectivity index (χ0v) is 10.3. The van der Waals surface area contributed by atoms with Crippen LogP contribution < -0.4 is 0 Å². The first-order chi connectivity index (χ1) is 6.25. The van der Waals surface area contributed by atoms with Gasteiger partial charge in [-0.05, 0) is 43.4 Å². The third-order valence-corrected chi connectivity index (χ3v) is 3.08. The Labute approximate surface area is 95.4 Å². The molecule has 13 heavy (non-hydrogen) atoms. The maximum Gasteiger partial charge on any atom is 0.129 e. The average Bonchev–Trinajstić information content (AvgIpc) is 2.63. The largest absolute Gasteiger partial charge is 0.252 e. The number of aromatic nitrogens is 4. The fourth-order valence-electron chi connectivity index (χ4n) is 0.880. The minimum absolute atomic E-state index is 0.698. The zero-order valence-electron chi connectivity index (χ0n) is 6.31. The van der Waals surface area contributed by atoms with Gasteiger partial charge >= 0.3 is 0 Å². The summed E-state index contributed by atoms with van der Waals surface area (Å²) < 4.78 is 7.37. The molecule has 0 aliphatic rings. The Morgan fingerprint density at radius 1 is 1.46 bits per heavy atom. The van der Waals surface area contributed by atoms with Crippen LogP contribution >= 0.6 is 43.4 Å². The van der Waals surface area contributed by atoms with Crippen LogP contribution in [0.1, 0.15) is 4.88 Å². The lowest BCUT2D eigenvalue weighted by Crippen LogP contribution is -1.99. The Morgan fingerprint density at radius 3 is 2.85 bits per heavy atom. The van der Waals surface area contributed by atoms with Crippen LogP contribution in [0.25, 0.3) is 0 Å². The van der Waals surface area contributed by atoms with Crippen molar-refractivity contribution < 1.29 is 0 Å². The van der Waals surface area contributed by atoms with Crippen LogP contribution in [0.5, 0.6) is 0 Å². The van der Waals surface area contributed by atoms with E-state index in [4.69, 9.17) is 0 Å². The minimum atomic E-state index is 0.698. The molecule has 0 atom stereocenters. The van der Waals surface area contributed by atoms with Crippen LogP contribution in [0, 0.1) is 0 Å². The first-order valence-electron chi connectivity index (χ1n) is 3.41. The molecule has 2 aromatic heterocycles. The third kappa shape index (κ3) is 2.15. The highest BCUT2D eigenvalue weighted by Gasteiger charge is 2.04. The van der Waals surface area contributed by atoms with Crippen molar-refractivity contribution in [3.8, 4) is 0 Å². The first kappa shape index (κ1) is 9.29. The first-order valence-corrected chi connectivity index (χ1v) is 5.77. The highest BCUT2D eigenvalue weighted by atomic mass is 79.9. The predicted octanol–water partition coefficient (Wildman–Crippen LogP) is 2.31. The van der Waals surface area contributed by atoms with E-state index in [-0.39, 0.29) is 0 Å². The van der Waals surface area contributed by atoms with Crippen molar-refractivity contribution in [2.75, 3.05) is 0 Å². The van der Waals surface area contributed by atoms with Gasteiger partial charge in [-0.2, -0.15) is 5.10 Å². The van der Waals surface area contributed by atoms with E-state index in [2.05, 4.69) is 46.5 Å². The molecule has 0 saturated carbocycles. The molecule has 0 unspecified atom stereocenters. The van der Waals surface area contributed by atoms with E-state index >= 15 is 0 Å². The van der Waals surface area contributed by atoms with Gasteiger partial charge in [-0.1, -0.05) is 4.49 Å². The lowest BCUT2D eigenvalue weighted by Gasteiger charge is -1.97. The highest BCUT2D eigenvalue weighted by molar-refractivity contribution is 9.11. The molecule has 0 spiro atoms. The minimum Gasteiger partial charge on any atom is -0.252 e. The molecule has 68 valence electrons. The standard InChI is InChI=1S/C6H4Br2N4S/c7-5-1-6(8)12(10-5)3-4-2-9-11-13-4/h1-2H,3H2. The number of nitrogens with zero attached hydrogens (tertiary/aromatic N) is 4. The SMILES string of the molecule is Brc1cc(Br)n(Cc2cnns2)n1. The third-order valence-electron chi connectivity index (χ3n) is 1.41. The van der Waals surface area contributed by atoms with E-state index in [0.717, 1.165) is 14.1 Å². The fraction of sp³-hybridized carbons (Fsp3) is 0.167. The van der Waals surface area contributed by atoms with Crippen LogP contribution in [0.3, 0.4) is 0 Å². The molecule has 0 saturated heterocycles. The second-order valence-corrected chi connectivity index (χ2v) is 4.83. The lowest BCUT2D eigenvalue weighted by atomic mass is 10.5. The van der Waals surface area contributed by atoms with Gasteiger partial charge in [0.05, 0.1) is 17.6 Å². The van der Waals surface area contributed by atoms with E-state index in [1.54, 1.807) is 6.20 Å². The van der Waals surface area contributed by atoms with Crippen molar-refractivity contribution in [1.29, 1.82) is 0 Å². The Hall–Kier alpha value is -0.270. The summed E-state index contributed by atoms with van der Waals surface area (Å²) in [5, 5.41) is 7.98. The number of halogens is 2. The molecular weight excluding hydrogens is 320 g/mol. The van der Waals surface area contributed by atoms with Gasteiger partial charge in [0, 0.05) is 6.07 Å². The number of rotatable bonds is 2. The maximum absolute atomic E-state index is 4.22. The summed E-state index contributed by atoms with van der Waals surface area (Å²) in [6, 6.07) is 1.90. The molecule has 0 fully saturated rings. The van der Waals surface area contributed by atoms with Crippen molar-refractivity contribution in [1.82, 2.24) is 19.4 Å². The van der Waals surface area contributed by atoms with E-state index < -0.39 is 0 Å². The number of hydrogen-bond donors (Lipinski definition) is 0. The summed E-state index contributed by atoms with van der Waals surface area (Å²) >= 11 is 8.07. The quantitative estimate of drug-likeness (QED) is 0.851. The van der Waals surface area contributed by atoms with E-state index in [1.807, 2.05) is 10.7 Å². The van der Waals surface area contributed by atoms with Crippen molar-refractivity contribution >= 4 is 43.4 Å². The van der Waals surface area contributed by atoms with Crippen LogP contribution in [-0.2, 0) is 6.54 Å². The Balaban J connectivity index is 2.23. The molecule has 0 amide bonds. The molecule has 0 bridgehead atoms. The molecule has 2 rings (SSSR count). The molecular formula is C6H4Br2N4S. The summed E-state index contributed by atoms with van der Waals surface area (Å²) in [5.74, 6) is 0. The van der Waals surface area contributed by atoms with Crippen LogP contribution in [0.15, 0.2) is 21.5 Å². The Kier molecular flexibility index (Phi) is 2.75. The van der Waals surface area contributed by atoms with Gasteiger partial charge < -0.3 is 0 Å².